The molecule has 1 aromatic carbocycles. The SMILES string of the molecule is COc1ccc(-c2cn3c(CC(=O)N4CCN(c5ncccn5)CC4)csc3n2)cc1OC. The molecule has 0 unspecified atom stereocenters. The third kappa shape index (κ3) is 4.21. The number of hydrogen-bond donors (Lipinski definition) is 0. The Hall–Kier alpha value is -3.66. The second kappa shape index (κ2) is 9.07. The predicted molar refractivity (Wildman–Crippen MR) is 126 cm³/mol. The number of amides is 1. The number of imidazole rings is 1. The van der Waals surface area contributed by atoms with Gasteiger partial charge in [-0.3, -0.25) is 9.20 Å². The Kier molecular flexibility index (Phi) is 5.82. The van der Waals surface area contributed by atoms with Crippen LogP contribution in [0.5, 0.6) is 11.5 Å². The molecule has 0 N–H and O–H groups in total. The van der Waals surface area contributed by atoms with E-state index in [9.17, 15) is 4.79 Å². The number of nitrogens with zero attached hydrogens (tertiary/aromatic N) is 6. The fourth-order valence-corrected chi connectivity index (χ4v) is 4.84. The molecule has 5 rings (SSSR count). The highest BCUT2D eigenvalue weighted by molar-refractivity contribution is 7.15. The number of carbonyl (C=O) groups excluding carboxylic acids is 1. The standard InChI is InChI=1S/C23H24N6O3S/c1-31-19-5-4-16(12-20(19)32-2)18-14-29-17(15-33-23(29)26-18)13-21(30)27-8-10-28(11-9-27)22-24-6-3-7-25-22/h3-7,12,14-15H,8-11,13H2,1-2H3. The quantitative estimate of drug-likeness (QED) is 0.434. The van der Waals surface area contributed by atoms with Gasteiger partial charge in [0.25, 0.3) is 0 Å². The lowest BCUT2D eigenvalue weighted by atomic mass is 10.1. The first-order chi connectivity index (χ1) is 16.2. The van der Waals surface area contributed by atoms with Gasteiger partial charge in [0.05, 0.1) is 26.3 Å². The lowest BCUT2D eigenvalue weighted by Crippen LogP contribution is -2.49. The van der Waals surface area contributed by atoms with E-state index in [-0.39, 0.29) is 5.91 Å². The highest BCUT2D eigenvalue weighted by Crippen LogP contribution is 2.33. The van der Waals surface area contributed by atoms with Gasteiger partial charge in [-0.05, 0) is 24.3 Å². The summed E-state index contributed by atoms with van der Waals surface area (Å²) in [6.07, 6.45) is 5.79. The minimum atomic E-state index is 0.115. The van der Waals surface area contributed by atoms with Crippen LogP contribution in [0.4, 0.5) is 5.95 Å². The molecule has 0 atom stereocenters. The first-order valence-corrected chi connectivity index (χ1v) is 11.5. The Labute approximate surface area is 195 Å². The van der Waals surface area contributed by atoms with Gasteiger partial charge >= 0.3 is 0 Å². The third-order valence-corrected chi connectivity index (χ3v) is 6.65. The van der Waals surface area contributed by atoms with Gasteiger partial charge in [-0.2, -0.15) is 0 Å². The summed E-state index contributed by atoms with van der Waals surface area (Å²) in [7, 11) is 3.23. The van der Waals surface area contributed by atoms with Gasteiger partial charge in [0, 0.05) is 61.4 Å². The summed E-state index contributed by atoms with van der Waals surface area (Å²) in [6.45, 7) is 2.77. The fourth-order valence-electron chi connectivity index (χ4n) is 3.97. The van der Waals surface area contributed by atoms with Gasteiger partial charge in [0.2, 0.25) is 11.9 Å². The van der Waals surface area contributed by atoms with E-state index in [4.69, 9.17) is 14.5 Å². The molecule has 0 aliphatic carbocycles. The van der Waals surface area contributed by atoms with Crippen LogP contribution >= 0.6 is 11.3 Å². The topological polar surface area (TPSA) is 85.1 Å². The molecule has 1 aliphatic heterocycles. The molecule has 3 aromatic heterocycles. The lowest BCUT2D eigenvalue weighted by molar-refractivity contribution is -0.130. The average Bonchev–Trinajstić information content (AvgIpc) is 3.46. The molecule has 0 saturated carbocycles. The number of piperazine rings is 1. The van der Waals surface area contributed by atoms with E-state index in [2.05, 4.69) is 14.9 Å². The number of fused-ring (bicyclic) bond motifs is 1. The smallest absolute Gasteiger partial charge is 0.228 e. The van der Waals surface area contributed by atoms with E-state index in [1.54, 1.807) is 32.7 Å². The first-order valence-electron chi connectivity index (χ1n) is 10.6. The Morgan fingerprint density at radius 1 is 1.06 bits per heavy atom. The minimum absolute atomic E-state index is 0.115. The van der Waals surface area contributed by atoms with E-state index in [0.29, 0.717) is 37.0 Å². The number of carbonyl (C=O) groups is 1. The number of ether oxygens (including phenoxy) is 2. The van der Waals surface area contributed by atoms with Crippen molar-refractivity contribution < 1.29 is 14.3 Å². The normalized spacial score (nSPS) is 14.0. The van der Waals surface area contributed by atoms with Gasteiger partial charge in [-0.25, -0.2) is 15.0 Å². The molecule has 1 fully saturated rings. The Morgan fingerprint density at radius 2 is 1.82 bits per heavy atom. The summed E-state index contributed by atoms with van der Waals surface area (Å²) >= 11 is 1.53. The molecule has 4 heterocycles. The molecule has 33 heavy (non-hydrogen) atoms. The van der Waals surface area contributed by atoms with Crippen LogP contribution in [0.15, 0.2) is 48.2 Å². The van der Waals surface area contributed by atoms with Crippen LogP contribution in [0.2, 0.25) is 0 Å². The molecular weight excluding hydrogens is 440 g/mol. The number of methoxy groups -OCH3 is 2. The molecule has 170 valence electrons. The molecule has 10 heteroatoms. The molecule has 1 amide bonds. The number of benzene rings is 1. The molecule has 0 bridgehead atoms. The summed E-state index contributed by atoms with van der Waals surface area (Å²) in [6, 6.07) is 7.53. The van der Waals surface area contributed by atoms with Crippen LogP contribution in [0.25, 0.3) is 16.2 Å². The van der Waals surface area contributed by atoms with Crippen molar-refractivity contribution in [2.24, 2.45) is 0 Å². The second-order valence-electron chi connectivity index (χ2n) is 7.67. The van der Waals surface area contributed by atoms with E-state index in [1.165, 1.54) is 11.3 Å². The summed E-state index contributed by atoms with van der Waals surface area (Å²) in [5, 5.41) is 2.01. The third-order valence-electron chi connectivity index (χ3n) is 5.76. The Balaban J connectivity index is 1.28. The van der Waals surface area contributed by atoms with Crippen LogP contribution in [-0.4, -0.2) is 70.6 Å². The number of rotatable bonds is 6. The zero-order chi connectivity index (χ0) is 22.8. The summed E-state index contributed by atoms with van der Waals surface area (Å²) in [5.74, 6) is 2.16. The van der Waals surface area contributed by atoms with Gasteiger partial charge in [0.1, 0.15) is 0 Å². The first kappa shape index (κ1) is 21.2. The monoisotopic (exact) mass is 464 g/mol. The molecule has 0 spiro atoms. The van der Waals surface area contributed by atoms with E-state index in [0.717, 1.165) is 35.0 Å². The van der Waals surface area contributed by atoms with Crippen LogP contribution in [-0.2, 0) is 11.2 Å². The van der Waals surface area contributed by atoms with Gasteiger partial charge in [-0.15, -0.1) is 11.3 Å². The van der Waals surface area contributed by atoms with Crippen molar-refractivity contribution in [2.45, 2.75) is 6.42 Å². The maximum atomic E-state index is 13.0. The van der Waals surface area contributed by atoms with Crippen LogP contribution in [0, 0.1) is 0 Å². The number of thiazole rings is 1. The van der Waals surface area contributed by atoms with Crippen molar-refractivity contribution in [3.8, 4) is 22.8 Å². The highest BCUT2D eigenvalue weighted by Gasteiger charge is 2.23. The molecule has 0 radical (unpaired) electrons. The largest absolute Gasteiger partial charge is 0.493 e. The second-order valence-corrected chi connectivity index (χ2v) is 8.51. The maximum absolute atomic E-state index is 13.0. The zero-order valence-corrected chi connectivity index (χ0v) is 19.3. The highest BCUT2D eigenvalue weighted by atomic mass is 32.1. The van der Waals surface area contributed by atoms with Crippen molar-refractivity contribution in [3.63, 3.8) is 0 Å². The lowest BCUT2D eigenvalue weighted by Gasteiger charge is -2.34. The van der Waals surface area contributed by atoms with Gasteiger partial charge in [0.15, 0.2) is 16.5 Å². The molecule has 1 saturated heterocycles. The summed E-state index contributed by atoms with van der Waals surface area (Å²) < 4.78 is 12.7. The molecule has 4 aromatic rings. The maximum Gasteiger partial charge on any atom is 0.228 e. The molecular formula is C23H24N6O3S. The minimum Gasteiger partial charge on any atom is -0.493 e. The fraction of sp³-hybridized carbons (Fsp3) is 0.304. The van der Waals surface area contributed by atoms with Crippen molar-refractivity contribution in [3.05, 3.63) is 53.9 Å². The summed E-state index contributed by atoms with van der Waals surface area (Å²) in [4.78, 5) is 31.2. The van der Waals surface area contributed by atoms with Crippen LogP contribution in [0.1, 0.15) is 5.69 Å². The van der Waals surface area contributed by atoms with Crippen molar-refractivity contribution in [1.29, 1.82) is 0 Å². The Bertz CT molecular complexity index is 1260. The predicted octanol–water partition coefficient (Wildman–Crippen LogP) is 2.76. The van der Waals surface area contributed by atoms with Crippen LogP contribution in [0.3, 0.4) is 0 Å². The van der Waals surface area contributed by atoms with Crippen molar-refractivity contribution >= 4 is 28.2 Å². The van der Waals surface area contributed by atoms with E-state index < -0.39 is 0 Å². The Morgan fingerprint density at radius 3 is 2.55 bits per heavy atom. The molecule has 1 aliphatic rings. The number of aromatic nitrogens is 4. The molecule has 9 nitrogen and oxygen atoms in total. The van der Waals surface area contributed by atoms with Gasteiger partial charge in [-0.1, -0.05) is 0 Å². The number of hydrogen-bond acceptors (Lipinski definition) is 8. The van der Waals surface area contributed by atoms with Crippen LogP contribution < -0.4 is 14.4 Å². The zero-order valence-electron chi connectivity index (χ0n) is 18.5. The van der Waals surface area contributed by atoms with E-state index >= 15 is 0 Å². The average molecular weight is 465 g/mol. The number of anilines is 1. The van der Waals surface area contributed by atoms with Crippen molar-refractivity contribution in [1.82, 2.24) is 24.3 Å². The van der Waals surface area contributed by atoms with E-state index in [1.807, 2.05) is 39.1 Å². The summed E-state index contributed by atoms with van der Waals surface area (Å²) in [5.41, 5.74) is 2.70. The van der Waals surface area contributed by atoms with Crippen molar-refractivity contribution in [2.75, 3.05) is 45.3 Å². The van der Waals surface area contributed by atoms with Gasteiger partial charge < -0.3 is 19.3 Å².